The molecule has 184 valence electrons. The Bertz CT molecular complexity index is 1220. The van der Waals surface area contributed by atoms with Gasteiger partial charge in [0.25, 0.3) is 5.56 Å². The van der Waals surface area contributed by atoms with E-state index in [1.165, 1.54) is 27.1 Å². The van der Waals surface area contributed by atoms with Crippen molar-refractivity contribution in [2.75, 3.05) is 24.7 Å². The van der Waals surface area contributed by atoms with Gasteiger partial charge in [0.2, 0.25) is 0 Å². The fourth-order valence-electron chi connectivity index (χ4n) is 3.37. The molecule has 34 heavy (non-hydrogen) atoms. The first-order valence-corrected chi connectivity index (χ1v) is 11.2. The average molecular weight is 497 g/mol. The van der Waals surface area contributed by atoms with Gasteiger partial charge in [0, 0.05) is 35.0 Å². The summed E-state index contributed by atoms with van der Waals surface area (Å²) in [5.41, 5.74) is 12.4. The summed E-state index contributed by atoms with van der Waals surface area (Å²) in [5, 5.41) is 21.5. The van der Waals surface area contributed by atoms with E-state index in [2.05, 4.69) is 20.0 Å². The lowest BCUT2D eigenvalue weighted by molar-refractivity contribution is -0.0271. The minimum Gasteiger partial charge on any atom is -0.394 e. The minimum absolute atomic E-state index is 0.0572. The van der Waals surface area contributed by atoms with Crippen LogP contribution >= 0.6 is 11.8 Å². The molecule has 0 bridgehead atoms. The molecule has 2 aromatic rings. The number of hydrogen-bond acceptors (Lipinski definition) is 11. The number of nitrogens with one attached hydrogen (secondary N) is 1. The van der Waals surface area contributed by atoms with E-state index in [0.717, 1.165) is 0 Å². The molecule has 15 nitrogen and oxygen atoms in total. The molecule has 5 unspecified atom stereocenters. The number of nitrogen functional groups attached to an aromatic ring is 1. The van der Waals surface area contributed by atoms with E-state index in [4.69, 9.17) is 31.0 Å². The highest BCUT2D eigenvalue weighted by molar-refractivity contribution is 8.00. The molecular formula is C18H24N8O7S. The monoisotopic (exact) mass is 496 g/mol. The van der Waals surface area contributed by atoms with Crippen LogP contribution in [0.25, 0.3) is 10.4 Å². The highest BCUT2D eigenvalue weighted by atomic mass is 32.2. The Morgan fingerprint density at radius 1 is 1.29 bits per heavy atom. The summed E-state index contributed by atoms with van der Waals surface area (Å²) in [6.07, 6.45) is 1.51. The maximum Gasteiger partial charge on any atom is 0.351 e. The van der Waals surface area contributed by atoms with Gasteiger partial charge in [0.05, 0.1) is 25.4 Å². The van der Waals surface area contributed by atoms with E-state index in [-0.39, 0.29) is 37.1 Å². The molecule has 16 heteroatoms. The topological polar surface area (TPSA) is 223 Å². The standard InChI is InChI=1S/C10H13N5O4.C8H11N3O3S/c1-5-3-15(10(18)12-9(5)17)8-2-6(13-14-11)7(4-16)19-8;9-5-1-2-11(8(13)10-5)6-4-15-7(3-12)14-6/h3,6-8,16H,2,4H2,1H3,(H,12,17,18);1-2,6-7,12H,3-4H2,(H2,9,10,13). The maximum absolute atomic E-state index is 11.7. The number of ether oxygens (including phenoxy) is 2. The quantitative estimate of drug-likeness (QED) is 0.229. The number of rotatable bonds is 5. The number of aliphatic hydroxyl groups is 2. The Labute approximate surface area is 195 Å². The molecule has 2 aliphatic rings. The summed E-state index contributed by atoms with van der Waals surface area (Å²) in [6.45, 7) is 1.20. The molecular weight excluding hydrogens is 472 g/mol. The van der Waals surface area contributed by atoms with Crippen LogP contribution < -0.4 is 22.7 Å². The van der Waals surface area contributed by atoms with Gasteiger partial charge in [0.15, 0.2) is 0 Å². The number of hydrogen-bond donors (Lipinski definition) is 4. The lowest BCUT2D eigenvalue weighted by atomic mass is 10.1. The predicted molar refractivity (Wildman–Crippen MR) is 121 cm³/mol. The Morgan fingerprint density at radius 3 is 2.68 bits per heavy atom. The second-order valence-electron chi connectivity index (χ2n) is 7.38. The Kier molecular flexibility index (Phi) is 8.49. The van der Waals surface area contributed by atoms with Gasteiger partial charge in [-0.2, -0.15) is 4.98 Å². The zero-order valence-electron chi connectivity index (χ0n) is 18.1. The zero-order chi connectivity index (χ0) is 24.8. The Morgan fingerprint density at radius 2 is 2.06 bits per heavy atom. The van der Waals surface area contributed by atoms with Crippen molar-refractivity contribution in [3.8, 4) is 0 Å². The van der Waals surface area contributed by atoms with Crippen molar-refractivity contribution in [3.05, 3.63) is 65.8 Å². The average Bonchev–Trinajstić information content (AvgIpc) is 3.44. The van der Waals surface area contributed by atoms with E-state index in [9.17, 15) is 14.4 Å². The molecule has 2 fully saturated rings. The summed E-state index contributed by atoms with van der Waals surface area (Å²) in [4.78, 5) is 42.9. The van der Waals surface area contributed by atoms with Crippen LogP contribution in [-0.4, -0.2) is 65.9 Å². The first-order chi connectivity index (χ1) is 16.3. The number of aromatic amines is 1. The van der Waals surface area contributed by atoms with Gasteiger partial charge in [0.1, 0.15) is 23.7 Å². The van der Waals surface area contributed by atoms with Gasteiger partial charge in [-0.25, -0.2) is 9.59 Å². The first kappa shape index (κ1) is 25.5. The number of azide groups is 1. The van der Waals surface area contributed by atoms with Gasteiger partial charge in [-0.05, 0) is 18.5 Å². The van der Waals surface area contributed by atoms with Crippen molar-refractivity contribution >= 4 is 17.6 Å². The number of anilines is 1. The van der Waals surface area contributed by atoms with E-state index < -0.39 is 35.3 Å². The van der Waals surface area contributed by atoms with Crippen LogP contribution in [0.5, 0.6) is 0 Å². The van der Waals surface area contributed by atoms with Crippen molar-refractivity contribution in [1.29, 1.82) is 0 Å². The minimum atomic E-state index is -0.671. The summed E-state index contributed by atoms with van der Waals surface area (Å²) < 4.78 is 13.5. The van der Waals surface area contributed by atoms with E-state index in [1.807, 2.05) is 0 Å². The second-order valence-corrected chi connectivity index (χ2v) is 8.57. The Balaban J connectivity index is 0.000000196. The van der Waals surface area contributed by atoms with Crippen molar-refractivity contribution in [2.24, 2.45) is 5.11 Å². The molecule has 0 aliphatic carbocycles. The second kappa shape index (κ2) is 11.3. The third kappa shape index (κ3) is 5.85. The predicted octanol–water partition coefficient (Wildman–Crippen LogP) is -0.790. The fourth-order valence-corrected chi connectivity index (χ4v) is 4.30. The molecule has 4 rings (SSSR count). The molecule has 0 amide bonds. The normalized spacial score (nSPS) is 25.9. The third-order valence-corrected chi connectivity index (χ3v) is 6.19. The third-order valence-electron chi connectivity index (χ3n) is 5.08. The molecule has 0 aromatic carbocycles. The van der Waals surface area contributed by atoms with E-state index >= 15 is 0 Å². The number of aromatic nitrogens is 4. The SMILES string of the molecule is Cc1cn(C2CC(N=[N+]=[N-])C(CO)O2)c(=O)[nH]c1=O.Nc1ccn(C2CSC(CO)O2)c(=O)n1. The van der Waals surface area contributed by atoms with Gasteiger partial charge >= 0.3 is 11.4 Å². The fraction of sp³-hybridized carbons (Fsp3) is 0.556. The van der Waals surface area contributed by atoms with Crippen LogP contribution in [0.4, 0.5) is 5.82 Å². The lowest BCUT2D eigenvalue weighted by Crippen LogP contribution is -2.33. The number of thioether (sulfide) groups is 1. The van der Waals surface area contributed by atoms with E-state index in [0.29, 0.717) is 11.3 Å². The summed E-state index contributed by atoms with van der Waals surface area (Å²) in [7, 11) is 0. The Hall–Kier alpha value is -3.14. The maximum atomic E-state index is 11.7. The highest BCUT2D eigenvalue weighted by Crippen LogP contribution is 2.30. The van der Waals surface area contributed by atoms with Gasteiger partial charge in [-0.15, -0.1) is 11.8 Å². The molecule has 2 aromatic heterocycles. The van der Waals surface area contributed by atoms with Crippen LogP contribution in [0, 0.1) is 6.92 Å². The van der Waals surface area contributed by atoms with Gasteiger partial charge < -0.3 is 25.4 Å². The van der Waals surface area contributed by atoms with Crippen molar-refractivity contribution in [3.63, 3.8) is 0 Å². The smallest absolute Gasteiger partial charge is 0.351 e. The van der Waals surface area contributed by atoms with Crippen LogP contribution in [0.2, 0.25) is 0 Å². The highest BCUT2D eigenvalue weighted by Gasteiger charge is 2.35. The number of aryl methyl sites for hydroxylation is 1. The first-order valence-electron chi connectivity index (χ1n) is 10.1. The molecule has 5 atom stereocenters. The van der Waals surface area contributed by atoms with Gasteiger partial charge in [-0.3, -0.25) is 18.9 Å². The summed E-state index contributed by atoms with van der Waals surface area (Å²) in [6, 6.07) is 1.00. The molecule has 0 saturated carbocycles. The molecule has 0 radical (unpaired) electrons. The number of nitrogens with zero attached hydrogens (tertiary/aromatic N) is 6. The van der Waals surface area contributed by atoms with E-state index in [1.54, 1.807) is 19.2 Å². The van der Waals surface area contributed by atoms with Crippen LogP contribution in [0.15, 0.2) is 38.0 Å². The molecule has 0 spiro atoms. The summed E-state index contributed by atoms with van der Waals surface area (Å²) >= 11 is 1.47. The van der Waals surface area contributed by atoms with Gasteiger partial charge in [-0.1, -0.05) is 5.11 Å². The van der Waals surface area contributed by atoms with Crippen LogP contribution in [-0.2, 0) is 9.47 Å². The van der Waals surface area contributed by atoms with Crippen LogP contribution in [0.1, 0.15) is 24.4 Å². The molecule has 5 N–H and O–H groups in total. The summed E-state index contributed by atoms with van der Waals surface area (Å²) in [5.74, 6) is 0.817. The molecule has 2 aliphatic heterocycles. The van der Waals surface area contributed by atoms with Crippen LogP contribution in [0.3, 0.4) is 0 Å². The largest absolute Gasteiger partial charge is 0.394 e. The lowest BCUT2D eigenvalue weighted by Gasteiger charge is -2.14. The van der Waals surface area contributed by atoms with Crippen molar-refractivity contribution in [2.45, 2.75) is 43.4 Å². The number of nitrogens with two attached hydrogens (primary N) is 1. The molecule has 4 heterocycles. The zero-order valence-corrected chi connectivity index (χ0v) is 18.9. The van der Waals surface area contributed by atoms with Crippen molar-refractivity contribution < 1.29 is 19.7 Å². The van der Waals surface area contributed by atoms with Crippen molar-refractivity contribution in [1.82, 2.24) is 19.1 Å². The number of aliphatic hydroxyl groups excluding tert-OH is 2. The number of H-pyrrole nitrogens is 1. The molecule has 2 saturated heterocycles.